The van der Waals surface area contributed by atoms with Gasteiger partial charge in [0.25, 0.3) is 0 Å². The Morgan fingerprint density at radius 1 is 1.16 bits per heavy atom. The van der Waals surface area contributed by atoms with Crippen LogP contribution in [0.4, 0.5) is 4.39 Å². The Labute approximate surface area is 150 Å². The molecule has 1 aromatic carbocycles. The van der Waals surface area contributed by atoms with Gasteiger partial charge in [0, 0.05) is 12.1 Å². The summed E-state index contributed by atoms with van der Waals surface area (Å²) in [6.45, 7) is 10.4. The molecule has 1 rings (SSSR count). The van der Waals surface area contributed by atoms with E-state index in [0.29, 0.717) is 6.54 Å². The van der Waals surface area contributed by atoms with Gasteiger partial charge < -0.3 is 10.2 Å². The highest BCUT2D eigenvalue weighted by atomic mass is 19.1. The summed E-state index contributed by atoms with van der Waals surface area (Å²) < 4.78 is 13.1. The maximum absolute atomic E-state index is 13.1. The first kappa shape index (κ1) is 21.1. The summed E-state index contributed by atoms with van der Waals surface area (Å²) in [6, 6.07) is 6.02. The predicted octanol–water partition coefficient (Wildman–Crippen LogP) is 2.58. The Hall–Kier alpha value is -1.95. The van der Waals surface area contributed by atoms with Crippen molar-refractivity contribution in [1.82, 2.24) is 15.1 Å². The third kappa shape index (κ3) is 7.22. The van der Waals surface area contributed by atoms with Gasteiger partial charge >= 0.3 is 0 Å². The minimum absolute atomic E-state index is 0.0645. The standard InChI is InChI=1S/C19H30FN3O2/c1-7-23(14(2)15-8-10-16(20)11-9-15)18(25)13-22(6)12-17(24)21-19(3,4)5/h8-11,14H,7,12-13H2,1-6H3,(H,21,24). The fraction of sp³-hybridized carbons (Fsp3) is 0.579. The number of hydrogen-bond acceptors (Lipinski definition) is 3. The monoisotopic (exact) mass is 351 g/mol. The van der Waals surface area contributed by atoms with Crippen LogP contribution >= 0.6 is 0 Å². The zero-order chi connectivity index (χ0) is 19.2. The number of benzene rings is 1. The molecule has 5 nitrogen and oxygen atoms in total. The lowest BCUT2D eigenvalue weighted by Gasteiger charge is -2.30. The highest BCUT2D eigenvalue weighted by molar-refractivity contribution is 5.81. The molecule has 1 atom stereocenters. The van der Waals surface area contributed by atoms with E-state index in [0.717, 1.165) is 5.56 Å². The van der Waals surface area contributed by atoms with Crippen LogP contribution < -0.4 is 5.32 Å². The Morgan fingerprint density at radius 2 is 1.72 bits per heavy atom. The van der Waals surface area contributed by atoms with Gasteiger partial charge in [-0.2, -0.15) is 0 Å². The van der Waals surface area contributed by atoms with Crippen molar-refractivity contribution in [2.45, 2.75) is 46.2 Å². The topological polar surface area (TPSA) is 52.7 Å². The van der Waals surface area contributed by atoms with E-state index in [1.54, 1.807) is 29.0 Å². The molecule has 0 radical (unpaired) electrons. The van der Waals surface area contributed by atoms with Crippen molar-refractivity contribution in [3.63, 3.8) is 0 Å². The third-order valence-corrected chi connectivity index (χ3v) is 3.81. The van der Waals surface area contributed by atoms with E-state index in [-0.39, 0.29) is 42.3 Å². The first-order valence-electron chi connectivity index (χ1n) is 8.58. The Morgan fingerprint density at radius 3 is 2.20 bits per heavy atom. The van der Waals surface area contributed by atoms with E-state index in [9.17, 15) is 14.0 Å². The van der Waals surface area contributed by atoms with Crippen LogP contribution in [-0.2, 0) is 9.59 Å². The number of nitrogens with zero attached hydrogens (tertiary/aromatic N) is 2. The molecule has 0 aliphatic carbocycles. The average Bonchev–Trinajstić information content (AvgIpc) is 2.45. The summed E-state index contributed by atoms with van der Waals surface area (Å²) in [5.41, 5.74) is 0.582. The molecule has 0 fully saturated rings. The quantitative estimate of drug-likeness (QED) is 0.821. The number of carbonyl (C=O) groups is 2. The van der Waals surface area contributed by atoms with E-state index >= 15 is 0 Å². The van der Waals surface area contributed by atoms with E-state index in [2.05, 4.69) is 5.32 Å². The number of halogens is 1. The largest absolute Gasteiger partial charge is 0.350 e. The minimum atomic E-state index is -0.297. The summed E-state index contributed by atoms with van der Waals surface area (Å²) >= 11 is 0. The van der Waals surface area contributed by atoms with Crippen molar-refractivity contribution in [2.24, 2.45) is 0 Å². The fourth-order valence-electron chi connectivity index (χ4n) is 2.67. The number of carbonyl (C=O) groups excluding carboxylic acids is 2. The summed E-state index contributed by atoms with van der Waals surface area (Å²) in [5, 5.41) is 2.88. The molecule has 6 heteroatoms. The fourth-order valence-corrected chi connectivity index (χ4v) is 2.67. The van der Waals surface area contributed by atoms with Crippen molar-refractivity contribution in [1.29, 1.82) is 0 Å². The van der Waals surface area contributed by atoms with Crippen molar-refractivity contribution < 1.29 is 14.0 Å². The van der Waals surface area contributed by atoms with E-state index in [1.807, 2.05) is 34.6 Å². The van der Waals surface area contributed by atoms with Crippen LogP contribution in [-0.4, -0.2) is 53.8 Å². The summed E-state index contributed by atoms with van der Waals surface area (Å²) in [7, 11) is 1.75. The second kappa shape index (κ2) is 8.94. The van der Waals surface area contributed by atoms with Crippen molar-refractivity contribution in [3.05, 3.63) is 35.6 Å². The molecule has 0 aliphatic heterocycles. The second-order valence-corrected chi connectivity index (χ2v) is 7.38. The molecule has 1 unspecified atom stereocenters. The van der Waals surface area contributed by atoms with Gasteiger partial charge in [0.05, 0.1) is 19.1 Å². The number of nitrogens with one attached hydrogen (secondary N) is 1. The molecule has 0 heterocycles. The van der Waals surface area contributed by atoms with Crippen LogP contribution in [0.2, 0.25) is 0 Å². The third-order valence-electron chi connectivity index (χ3n) is 3.81. The summed E-state index contributed by atoms with van der Waals surface area (Å²) in [4.78, 5) is 28.0. The predicted molar refractivity (Wildman–Crippen MR) is 97.6 cm³/mol. The first-order valence-corrected chi connectivity index (χ1v) is 8.58. The normalized spacial score (nSPS) is 12.8. The molecule has 1 aromatic rings. The lowest BCUT2D eigenvalue weighted by atomic mass is 10.1. The van der Waals surface area contributed by atoms with Crippen LogP contribution in [0.1, 0.15) is 46.2 Å². The van der Waals surface area contributed by atoms with Gasteiger partial charge in [0.2, 0.25) is 11.8 Å². The smallest absolute Gasteiger partial charge is 0.237 e. The number of hydrogen-bond donors (Lipinski definition) is 1. The van der Waals surface area contributed by atoms with Gasteiger partial charge in [-0.05, 0) is 59.4 Å². The SMILES string of the molecule is CCN(C(=O)CN(C)CC(=O)NC(C)(C)C)C(C)c1ccc(F)cc1. The molecular weight excluding hydrogens is 321 g/mol. The zero-order valence-corrected chi connectivity index (χ0v) is 16.1. The first-order chi connectivity index (χ1) is 11.5. The highest BCUT2D eigenvalue weighted by Gasteiger charge is 2.22. The number of amides is 2. The minimum Gasteiger partial charge on any atom is -0.350 e. The van der Waals surface area contributed by atoms with Gasteiger partial charge in [-0.3, -0.25) is 14.5 Å². The number of likely N-dealkylation sites (N-methyl/N-ethyl adjacent to an activating group) is 2. The van der Waals surface area contributed by atoms with Crippen molar-refractivity contribution in [3.8, 4) is 0 Å². The molecule has 140 valence electrons. The van der Waals surface area contributed by atoms with E-state index < -0.39 is 0 Å². The zero-order valence-electron chi connectivity index (χ0n) is 16.1. The molecule has 25 heavy (non-hydrogen) atoms. The van der Waals surface area contributed by atoms with Gasteiger partial charge in [-0.15, -0.1) is 0 Å². The van der Waals surface area contributed by atoms with Crippen LogP contribution in [0, 0.1) is 5.82 Å². The highest BCUT2D eigenvalue weighted by Crippen LogP contribution is 2.20. The average molecular weight is 351 g/mol. The second-order valence-electron chi connectivity index (χ2n) is 7.38. The van der Waals surface area contributed by atoms with Gasteiger partial charge in [-0.25, -0.2) is 4.39 Å². The molecule has 2 amide bonds. The lowest BCUT2D eigenvalue weighted by Crippen LogP contribution is -2.47. The Kier molecular flexibility index (Phi) is 7.55. The lowest BCUT2D eigenvalue weighted by molar-refractivity contribution is -0.134. The van der Waals surface area contributed by atoms with Crippen molar-refractivity contribution in [2.75, 3.05) is 26.7 Å². The maximum Gasteiger partial charge on any atom is 0.237 e. The molecule has 0 bridgehead atoms. The molecular formula is C19H30FN3O2. The molecule has 0 saturated carbocycles. The van der Waals surface area contributed by atoms with Gasteiger partial charge in [0.1, 0.15) is 5.82 Å². The Balaban J connectivity index is 2.66. The van der Waals surface area contributed by atoms with Gasteiger partial charge in [-0.1, -0.05) is 12.1 Å². The van der Waals surface area contributed by atoms with Crippen LogP contribution in [0.3, 0.4) is 0 Å². The molecule has 0 aromatic heterocycles. The Bertz CT molecular complexity index is 581. The van der Waals surface area contributed by atoms with Crippen LogP contribution in [0.25, 0.3) is 0 Å². The van der Waals surface area contributed by atoms with E-state index in [1.165, 1.54) is 12.1 Å². The van der Waals surface area contributed by atoms with E-state index in [4.69, 9.17) is 0 Å². The molecule has 0 spiro atoms. The maximum atomic E-state index is 13.1. The molecule has 0 saturated heterocycles. The summed E-state index contributed by atoms with van der Waals surface area (Å²) in [6.07, 6.45) is 0. The molecule has 0 aliphatic rings. The van der Waals surface area contributed by atoms with Crippen molar-refractivity contribution >= 4 is 11.8 Å². The molecule has 1 N–H and O–H groups in total. The number of rotatable bonds is 7. The van der Waals surface area contributed by atoms with Crippen LogP contribution in [0.5, 0.6) is 0 Å². The summed E-state index contributed by atoms with van der Waals surface area (Å²) in [5.74, 6) is -0.474. The van der Waals surface area contributed by atoms with Gasteiger partial charge in [0.15, 0.2) is 0 Å². The van der Waals surface area contributed by atoms with Crippen LogP contribution in [0.15, 0.2) is 24.3 Å².